The normalized spacial score (nSPS) is 9.62. The van der Waals surface area contributed by atoms with Gasteiger partial charge >= 0.3 is 11.9 Å². The molecule has 0 bridgehead atoms. The monoisotopic (exact) mass is 190 g/mol. The highest BCUT2D eigenvalue weighted by Crippen LogP contribution is 1.95. The summed E-state index contributed by atoms with van der Waals surface area (Å²) in [5.41, 5.74) is 0. The van der Waals surface area contributed by atoms with Crippen LogP contribution in [0.15, 0.2) is 0 Å². The molecule has 0 spiro atoms. The maximum atomic E-state index is 10.8. The number of unbranched alkanes of at least 4 members (excludes halogenated alkanes) is 1. The number of aliphatic carboxylic acids is 1. The van der Waals surface area contributed by atoms with Gasteiger partial charge in [-0.05, 0) is 12.8 Å². The van der Waals surface area contributed by atoms with Crippen molar-refractivity contribution in [2.75, 3.05) is 13.2 Å². The van der Waals surface area contributed by atoms with Crippen molar-refractivity contribution < 1.29 is 24.5 Å². The van der Waals surface area contributed by atoms with Gasteiger partial charge in [0.1, 0.15) is 0 Å². The summed E-state index contributed by atoms with van der Waals surface area (Å²) in [6, 6.07) is 0. The molecule has 0 aromatic carbocycles. The lowest BCUT2D eigenvalue weighted by Gasteiger charge is -2.02. The van der Waals surface area contributed by atoms with Crippen LogP contribution in [0.5, 0.6) is 0 Å². The largest absolute Gasteiger partial charge is 0.481 e. The number of carbonyl (C=O) groups is 2. The molecule has 0 fully saturated rings. The minimum atomic E-state index is -1.01. The fourth-order valence-corrected chi connectivity index (χ4v) is 0.681. The molecule has 0 amide bonds. The van der Waals surface area contributed by atoms with E-state index in [0.717, 1.165) is 0 Å². The van der Waals surface area contributed by atoms with Crippen molar-refractivity contribution in [1.82, 2.24) is 0 Å². The fourth-order valence-electron chi connectivity index (χ4n) is 0.681. The zero-order valence-corrected chi connectivity index (χ0v) is 7.36. The first-order valence-electron chi connectivity index (χ1n) is 4.15. The molecule has 0 aromatic rings. The Kier molecular flexibility index (Phi) is 6.91. The van der Waals surface area contributed by atoms with Crippen LogP contribution in [0.25, 0.3) is 0 Å². The number of carbonyl (C=O) groups excluding carboxylic acids is 1. The van der Waals surface area contributed by atoms with Crippen molar-refractivity contribution >= 4 is 11.9 Å². The Morgan fingerprint density at radius 2 is 1.85 bits per heavy atom. The average molecular weight is 190 g/mol. The van der Waals surface area contributed by atoms with Crippen molar-refractivity contribution in [2.45, 2.75) is 25.7 Å². The fraction of sp³-hybridized carbons (Fsp3) is 0.750. The molecule has 13 heavy (non-hydrogen) atoms. The van der Waals surface area contributed by atoms with Crippen LogP contribution in [-0.4, -0.2) is 35.4 Å². The molecule has 0 aliphatic rings. The average Bonchev–Trinajstić information content (AvgIpc) is 2.09. The summed E-state index contributed by atoms with van der Waals surface area (Å²) in [6.07, 6.45) is 0.912. The van der Waals surface area contributed by atoms with Crippen molar-refractivity contribution in [3.63, 3.8) is 0 Å². The summed E-state index contributed by atoms with van der Waals surface area (Å²) in [4.78, 5) is 20.8. The summed E-state index contributed by atoms with van der Waals surface area (Å²) < 4.78 is 4.68. The van der Waals surface area contributed by atoms with Gasteiger partial charge in [0, 0.05) is 6.61 Å². The highest BCUT2D eigenvalue weighted by molar-refractivity contribution is 5.76. The standard InChI is InChI=1S/C8H14O5/c9-5-1-2-6-13-8(12)4-3-7(10)11/h9H,1-6H2,(H,10,11). The number of carboxylic acids is 1. The molecular weight excluding hydrogens is 176 g/mol. The van der Waals surface area contributed by atoms with Gasteiger partial charge in [0.05, 0.1) is 19.4 Å². The van der Waals surface area contributed by atoms with E-state index in [0.29, 0.717) is 12.8 Å². The third-order valence-corrected chi connectivity index (χ3v) is 1.36. The number of hydrogen-bond donors (Lipinski definition) is 2. The van der Waals surface area contributed by atoms with Gasteiger partial charge in [-0.3, -0.25) is 9.59 Å². The molecule has 0 aromatic heterocycles. The Hall–Kier alpha value is -1.10. The van der Waals surface area contributed by atoms with E-state index < -0.39 is 11.9 Å². The molecule has 0 radical (unpaired) electrons. The predicted octanol–water partition coefficient (Wildman–Crippen LogP) is 0.167. The quantitative estimate of drug-likeness (QED) is 0.441. The second-order valence-electron chi connectivity index (χ2n) is 2.54. The van der Waals surface area contributed by atoms with Gasteiger partial charge in [0.25, 0.3) is 0 Å². The van der Waals surface area contributed by atoms with Gasteiger partial charge < -0.3 is 14.9 Å². The van der Waals surface area contributed by atoms with Crippen LogP contribution in [-0.2, 0) is 14.3 Å². The third-order valence-electron chi connectivity index (χ3n) is 1.36. The lowest BCUT2D eigenvalue weighted by Crippen LogP contribution is -2.08. The number of rotatable bonds is 7. The van der Waals surface area contributed by atoms with Crippen LogP contribution in [0.3, 0.4) is 0 Å². The van der Waals surface area contributed by atoms with Gasteiger partial charge in [-0.1, -0.05) is 0 Å². The van der Waals surface area contributed by atoms with Crippen molar-refractivity contribution in [2.24, 2.45) is 0 Å². The molecule has 0 unspecified atom stereocenters. The molecule has 0 heterocycles. The molecule has 0 saturated heterocycles. The van der Waals surface area contributed by atoms with Crippen LogP contribution in [0, 0.1) is 0 Å². The summed E-state index contributed by atoms with van der Waals surface area (Å²) >= 11 is 0. The number of aliphatic hydroxyl groups excluding tert-OH is 1. The van der Waals surface area contributed by atoms with Gasteiger partial charge in [-0.15, -0.1) is 0 Å². The summed E-state index contributed by atoms with van der Waals surface area (Å²) in [6.45, 7) is 0.325. The molecule has 76 valence electrons. The zero-order valence-electron chi connectivity index (χ0n) is 7.36. The molecule has 0 aliphatic heterocycles. The number of esters is 1. The summed E-state index contributed by atoms with van der Waals surface area (Å²) in [5, 5.41) is 16.6. The second kappa shape index (κ2) is 7.54. The van der Waals surface area contributed by atoms with Crippen LogP contribution in [0.2, 0.25) is 0 Å². The van der Waals surface area contributed by atoms with Crippen molar-refractivity contribution in [3.8, 4) is 0 Å². The third kappa shape index (κ3) is 8.81. The zero-order chi connectivity index (χ0) is 10.1. The van der Waals surface area contributed by atoms with Crippen molar-refractivity contribution in [1.29, 1.82) is 0 Å². The Balaban J connectivity index is 3.25. The van der Waals surface area contributed by atoms with E-state index in [1.54, 1.807) is 0 Å². The Morgan fingerprint density at radius 1 is 1.15 bits per heavy atom. The van der Waals surface area contributed by atoms with E-state index in [1.807, 2.05) is 0 Å². The number of hydrogen-bond acceptors (Lipinski definition) is 4. The lowest BCUT2D eigenvalue weighted by atomic mass is 10.3. The van der Waals surface area contributed by atoms with E-state index in [2.05, 4.69) is 4.74 Å². The first kappa shape index (κ1) is 11.9. The van der Waals surface area contributed by atoms with Gasteiger partial charge in [-0.25, -0.2) is 0 Å². The highest BCUT2D eigenvalue weighted by Gasteiger charge is 2.05. The Bertz CT molecular complexity index is 166. The Morgan fingerprint density at radius 3 is 2.38 bits per heavy atom. The summed E-state index contributed by atoms with van der Waals surface area (Å²) in [7, 11) is 0. The van der Waals surface area contributed by atoms with Gasteiger partial charge in [0.15, 0.2) is 0 Å². The predicted molar refractivity (Wildman–Crippen MR) is 44.1 cm³/mol. The molecule has 0 rings (SSSR count). The molecular formula is C8H14O5. The molecule has 5 nitrogen and oxygen atoms in total. The van der Waals surface area contributed by atoms with Gasteiger partial charge in [0.2, 0.25) is 0 Å². The van der Waals surface area contributed by atoms with E-state index in [9.17, 15) is 9.59 Å². The molecule has 0 aliphatic carbocycles. The van der Waals surface area contributed by atoms with Crippen LogP contribution >= 0.6 is 0 Å². The minimum Gasteiger partial charge on any atom is -0.481 e. The number of carboxylic acid groups (broad SMARTS) is 1. The first-order chi connectivity index (χ1) is 6.16. The maximum absolute atomic E-state index is 10.8. The maximum Gasteiger partial charge on any atom is 0.306 e. The van der Waals surface area contributed by atoms with E-state index in [1.165, 1.54) is 0 Å². The minimum absolute atomic E-state index is 0.0761. The molecule has 0 saturated carbocycles. The van der Waals surface area contributed by atoms with Crippen molar-refractivity contribution in [3.05, 3.63) is 0 Å². The lowest BCUT2D eigenvalue weighted by molar-refractivity contribution is -0.147. The van der Waals surface area contributed by atoms with Crippen LogP contribution in [0.4, 0.5) is 0 Å². The second-order valence-corrected chi connectivity index (χ2v) is 2.54. The number of ether oxygens (including phenoxy) is 1. The summed E-state index contributed by atoms with van der Waals surface area (Å²) in [5.74, 6) is -1.51. The molecule has 5 heteroatoms. The van der Waals surface area contributed by atoms with Crippen LogP contribution in [0.1, 0.15) is 25.7 Å². The van der Waals surface area contributed by atoms with E-state index >= 15 is 0 Å². The smallest absolute Gasteiger partial charge is 0.306 e. The molecule has 2 N–H and O–H groups in total. The number of aliphatic hydroxyl groups is 1. The van der Waals surface area contributed by atoms with Crippen LogP contribution < -0.4 is 0 Å². The van der Waals surface area contributed by atoms with Gasteiger partial charge in [-0.2, -0.15) is 0 Å². The first-order valence-corrected chi connectivity index (χ1v) is 4.15. The van der Waals surface area contributed by atoms with E-state index in [-0.39, 0.29) is 26.1 Å². The SMILES string of the molecule is O=C(O)CCC(=O)OCCCCO. The highest BCUT2D eigenvalue weighted by atomic mass is 16.5. The molecule has 0 atom stereocenters. The van der Waals surface area contributed by atoms with E-state index in [4.69, 9.17) is 10.2 Å². The topological polar surface area (TPSA) is 83.8 Å². The Labute approximate surface area is 76.3 Å².